The lowest BCUT2D eigenvalue weighted by Crippen LogP contribution is -1.81. The van der Waals surface area contributed by atoms with Crippen molar-refractivity contribution in [2.24, 2.45) is 0 Å². The summed E-state index contributed by atoms with van der Waals surface area (Å²) in [4.78, 5) is 0. The molecule has 0 aromatic carbocycles. The van der Waals surface area contributed by atoms with Crippen LogP contribution in [0.15, 0.2) is 0 Å². The van der Waals surface area contributed by atoms with Crippen molar-refractivity contribution in [3.05, 3.63) is 3.83 Å². The van der Waals surface area contributed by atoms with E-state index in [-0.39, 0.29) is 0 Å². The molecule has 6 heteroatoms. The van der Waals surface area contributed by atoms with Gasteiger partial charge >= 0.3 is 0 Å². The molecule has 1 aromatic rings. The Morgan fingerprint density at radius 2 is 2.29 bits per heavy atom. The van der Waals surface area contributed by atoms with E-state index < -0.39 is 0 Å². The molecule has 1 heterocycles. The first-order valence-electron chi connectivity index (χ1n) is 1.41. The molecule has 0 fully saturated rings. The Hall–Kier alpha value is 0.530. The standard InChI is InChI=1S/CI2N4/c2-1-4-6-7(3)5-1. The summed E-state index contributed by atoms with van der Waals surface area (Å²) in [5, 5.41) is 10.9. The lowest BCUT2D eigenvalue weighted by molar-refractivity contribution is 0.853. The highest BCUT2D eigenvalue weighted by Crippen LogP contribution is 1.91. The van der Waals surface area contributed by atoms with Gasteiger partial charge in [0.05, 0.1) is 0 Å². The van der Waals surface area contributed by atoms with Crippen LogP contribution in [0, 0.1) is 3.83 Å². The van der Waals surface area contributed by atoms with Crippen LogP contribution in [0.2, 0.25) is 0 Å². The van der Waals surface area contributed by atoms with Crippen molar-refractivity contribution in [3.8, 4) is 0 Å². The molecule has 0 N–H and O–H groups in total. The Labute approximate surface area is 67.3 Å². The summed E-state index contributed by atoms with van der Waals surface area (Å²) in [6.45, 7) is 0. The lowest BCUT2D eigenvalue weighted by Gasteiger charge is -1.68. The van der Waals surface area contributed by atoms with Crippen molar-refractivity contribution < 1.29 is 0 Å². The predicted octanol–water partition coefficient (Wildman–Crippen LogP) is 0.476. The van der Waals surface area contributed by atoms with Crippen LogP contribution in [0.5, 0.6) is 0 Å². The summed E-state index contributed by atoms with van der Waals surface area (Å²) >= 11 is 3.92. The smallest absolute Gasteiger partial charge is 0.115 e. The van der Waals surface area contributed by atoms with E-state index in [4.69, 9.17) is 0 Å². The van der Waals surface area contributed by atoms with E-state index in [1.807, 2.05) is 45.5 Å². The SMILES string of the molecule is Ic1nnn(I)n1. The molecule has 0 saturated heterocycles. The molecule has 0 saturated carbocycles. The Kier molecular flexibility index (Phi) is 1.78. The largest absolute Gasteiger partial charge is 0.235 e. The van der Waals surface area contributed by atoms with Gasteiger partial charge in [-0.25, -0.2) is 0 Å². The highest BCUT2D eigenvalue weighted by molar-refractivity contribution is 14.1. The van der Waals surface area contributed by atoms with Gasteiger partial charge in [0.2, 0.25) is 3.83 Å². The molecule has 1 rings (SSSR count). The van der Waals surface area contributed by atoms with Crippen LogP contribution >= 0.6 is 45.5 Å². The monoisotopic (exact) mass is 322 g/mol. The second-order valence-corrected chi connectivity index (χ2v) is 2.63. The summed E-state index contributed by atoms with van der Waals surface area (Å²) in [5.41, 5.74) is 0. The van der Waals surface area contributed by atoms with E-state index in [2.05, 4.69) is 15.4 Å². The Morgan fingerprint density at radius 3 is 2.43 bits per heavy atom. The zero-order chi connectivity index (χ0) is 5.28. The minimum atomic E-state index is 0.673. The van der Waals surface area contributed by atoms with Gasteiger partial charge < -0.3 is 0 Å². The molecule has 0 aliphatic carbocycles. The topological polar surface area (TPSA) is 43.6 Å². The Morgan fingerprint density at radius 1 is 1.57 bits per heavy atom. The quantitative estimate of drug-likeness (QED) is 0.653. The highest BCUT2D eigenvalue weighted by atomic mass is 127. The second kappa shape index (κ2) is 2.20. The van der Waals surface area contributed by atoms with Gasteiger partial charge in [-0.2, -0.15) is 0 Å². The molecule has 0 unspecified atom stereocenters. The van der Waals surface area contributed by atoms with Gasteiger partial charge in [-0.3, -0.25) is 0 Å². The number of hydrogen-bond donors (Lipinski definition) is 0. The average molecular weight is 322 g/mol. The van der Waals surface area contributed by atoms with E-state index in [0.717, 1.165) is 0 Å². The van der Waals surface area contributed by atoms with Gasteiger partial charge in [0.1, 0.15) is 22.9 Å². The van der Waals surface area contributed by atoms with E-state index in [1.165, 1.54) is 3.01 Å². The van der Waals surface area contributed by atoms with Gasteiger partial charge in [-0.15, -0.1) is 13.2 Å². The minimum Gasteiger partial charge on any atom is -0.115 e. The molecular formula is CI2N4. The number of tetrazole rings is 1. The number of nitrogens with zero attached hydrogens (tertiary/aromatic N) is 4. The minimum absolute atomic E-state index is 0.673. The van der Waals surface area contributed by atoms with Gasteiger partial charge in [-0.1, -0.05) is 0 Å². The molecular weight excluding hydrogens is 322 g/mol. The van der Waals surface area contributed by atoms with Crippen LogP contribution in [0.25, 0.3) is 0 Å². The van der Waals surface area contributed by atoms with Gasteiger partial charge in [0, 0.05) is 22.6 Å². The number of rotatable bonds is 0. The maximum Gasteiger partial charge on any atom is 0.235 e. The van der Waals surface area contributed by atoms with Crippen molar-refractivity contribution in [1.29, 1.82) is 0 Å². The summed E-state index contributed by atoms with van der Waals surface area (Å²) in [6.07, 6.45) is 0. The molecule has 7 heavy (non-hydrogen) atoms. The molecule has 0 radical (unpaired) electrons. The maximum absolute atomic E-state index is 3.78. The molecule has 0 aliphatic rings. The Bertz CT molecular complexity index is 142. The average Bonchev–Trinajstić information content (AvgIpc) is 1.87. The first-order chi connectivity index (χ1) is 3.29. The van der Waals surface area contributed by atoms with Gasteiger partial charge in [-0.05, 0) is 5.21 Å². The normalized spacial score (nSPS) is 9.43. The second-order valence-electron chi connectivity index (χ2n) is 0.799. The number of halogens is 2. The number of hydrogen-bond acceptors (Lipinski definition) is 3. The van der Waals surface area contributed by atoms with E-state index in [0.29, 0.717) is 3.83 Å². The fourth-order valence-electron chi connectivity index (χ4n) is 0.182. The molecule has 0 aliphatic heterocycles. The van der Waals surface area contributed by atoms with Crippen LogP contribution in [-0.2, 0) is 0 Å². The summed E-state index contributed by atoms with van der Waals surface area (Å²) in [7, 11) is 0. The predicted molar refractivity (Wildman–Crippen MR) is 40.0 cm³/mol. The maximum atomic E-state index is 3.78. The molecule has 1 aromatic heterocycles. The van der Waals surface area contributed by atoms with E-state index >= 15 is 0 Å². The van der Waals surface area contributed by atoms with E-state index in [9.17, 15) is 0 Å². The molecule has 0 spiro atoms. The first-order valence-corrected chi connectivity index (χ1v) is 3.45. The molecule has 0 amide bonds. The highest BCUT2D eigenvalue weighted by Gasteiger charge is 1.89. The van der Waals surface area contributed by atoms with Crippen LogP contribution in [-0.4, -0.2) is 18.4 Å². The zero-order valence-corrected chi connectivity index (χ0v) is 7.36. The van der Waals surface area contributed by atoms with Crippen molar-refractivity contribution in [3.63, 3.8) is 0 Å². The zero-order valence-electron chi connectivity index (χ0n) is 3.04. The van der Waals surface area contributed by atoms with Gasteiger partial charge in [0.25, 0.3) is 0 Å². The Balaban J connectivity index is 3.04. The third-order valence-corrected chi connectivity index (χ3v) is 1.21. The molecule has 0 bridgehead atoms. The van der Waals surface area contributed by atoms with Crippen molar-refractivity contribution in [2.45, 2.75) is 0 Å². The van der Waals surface area contributed by atoms with Gasteiger partial charge in [0.15, 0.2) is 0 Å². The van der Waals surface area contributed by atoms with Crippen LogP contribution < -0.4 is 0 Å². The van der Waals surface area contributed by atoms with Crippen LogP contribution in [0.4, 0.5) is 0 Å². The van der Waals surface area contributed by atoms with Crippen LogP contribution in [0.1, 0.15) is 0 Å². The summed E-state index contributed by atoms with van der Waals surface area (Å²) < 4.78 is 2.06. The fourth-order valence-corrected chi connectivity index (χ4v) is 1.20. The lowest BCUT2D eigenvalue weighted by atomic mass is 11.4. The third kappa shape index (κ3) is 1.48. The van der Waals surface area contributed by atoms with Crippen molar-refractivity contribution in [2.75, 3.05) is 0 Å². The third-order valence-electron chi connectivity index (χ3n) is 0.366. The first kappa shape index (κ1) is 5.66. The molecule has 38 valence electrons. The van der Waals surface area contributed by atoms with Crippen LogP contribution in [0.3, 0.4) is 0 Å². The van der Waals surface area contributed by atoms with E-state index in [1.54, 1.807) is 0 Å². The molecule has 4 nitrogen and oxygen atoms in total. The summed E-state index contributed by atoms with van der Waals surface area (Å²) in [6, 6.07) is 0. The fraction of sp³-hybridized carbons (Fsp3) is 0. The summed E-state index contributed by atoms with van der Waals surface area (Å²) in [5.74, 6) is 0. The molecule has 0 atom stereocenters. The van der Waals surface area contributed by atoms with Crippen molar-refractivity contribution >= 4 is 45.5 Å². The van der Waals surface area contributed by atoms with Crippen molar-refractivity contribution in [1.82, 2.24) is 18.4 Å². The number of aromatic nitrogens is 4.